The lowest BCUT2D eigenvalue weighted by molar-refractivity contribution is -0.116. The van der Waals surface area contributed by atoms with Gasteiger partial charge in [0.25, 0.3) is 5.91 Å². The molecular formula is C17H18N2O4S. The number of anilines is 1. The van der Waals surface area contributed by atoms with Gasteiger partial charge in [-0.1, -0.05) is 6.07 Å². The molecule has 6 nitrogen and oxygen atoms in total. The Morgan fingerprint density at radius 2 is 2.00 bits per heavy atom. The molecule has 126 valence electrons. The number of thiophene rings is 1. The molecule has 3 rings (SSSR count). The lowest BCUT2D eigenvalue weighted by Crippen LogP contribution is -2.37. The fraction of sp³-hybridized carbons (Fsp3) is 0.294. The zero-order chi connectivity index (χ0) is 16.9. The normalized spacial score (nSPS) is 12.5. The number of rotatable bonds is 5. The van der Waals surface area contributed by atoms with Gasteiger partial charge in [-0.3, -0.25) is 9.59 Å². The van der Waals surface area contributed by atoms with Gasteiger partial charge in [0.1, 0.15) is 13.2 Å². The lowest BCUT2D eigenvalue weighted by atomic mass is 10.2. The Bertz CT molecular complexity index is 730. The number of hydrogen-bond donors (Lipinski definition) is 1. The largest absolute Gasteiger partial charge is 0.486 e. The minimum atomic E-state index is -0.129. The number of carbonyl (C=O) groups excluding carboxylic acids is 2. The maximum Gasteiger partial charge on any atom is 0.261 e. The minimum absolute atomic E-state index is 0.1000. The Hall–Kier alpha value is -2.54. The number of benzene rings is 1. The van der Waals surface area contributed by atoms with E-state index in [2.05, 4.69) is 5.32 Å². The van der Waals surface area contributed by atoms with Gasteiger partial charge < -0.3 is 19.7 Å². The smallest absolute Gasteiger partial charge is 0.261 e. The molecule has 0 saturated carbocycles. The molecule has 2 amide bonds. The first-order valence-electron chi connectivity index (χ1n) is 7.64. The van der Waals surface area contributed by atoms with E-state index in [9.17, 15) is 9.59 Å². The van der Waals surface area contributed by atoms with Gasteiger partial charge in [-0.15, -0.1) is 11.3 Å². The van der Waals surface area contributed by atoms with E-state index in [1.54, 1.807) is 23.1 Å². The van der Waals surface area contributed by atoms with Crippen molar-refractivity contribution in [1.29, 1.82) is 0 Å². The molecule has 1 N–H and O–H groups in total. The molecule has 2 aromatic rings. The van der Waals surface area contributed by atoms with Crippen LogP contribution >= 0.6 is 11.3 Å². The summed E-state index contributed by atoms with van der Waals surface area (Å²) in [4.78, 5) is 26.2. The first-order chi connectivity index (χ1) is 11.6. The maximum atomic E-state index is 12.0. The third-order valence-electron chi connectivity index (χ3n) is 3.58. The van der Waals surface area contributed by atoms with E-state index in [1.807, 2.05) is 17.5 Å². The fourth-order valence-electron chi connectivity index (χ4n) is 2.44. The van der Waals surface area contributed by atoms with Gasteiger partial charge in [0.2, 0.25) is 5.91 Å². The van der Waals surface area contributed by atoms with Crippen LogP contribution in [0.3, 0.4) is 0 Å². The molecule has 0 saturated heterocycles. The maximum absolute atomic E-state index is 12.0. The molecule has 24 heavy (non-hydrogen) atoms. The second-order valence-corrected chi connectivity index (χ2v) is 6.18. The van der Waals surface area contributed by atoms with Gasteiger partial charge in [-0.25, -0.2) is 0 Å². The second-order valence-electron chi connectivity index (χ2n) is 5.23. The molecule has 0 atom stereocenters. The van der Waals surface area contributed by atoms with Crippen LogP contribution in [0.2, 0.25) is 0 Å². The lowest BCUT2D eigenvalue weighted by Gasteiger charge is -2.24. The summed E-state index contributed by atoms with van der Waals surface area (Å²) in [5.41, 5.74) is 0.720. The third kappa shape index (κ3) is 3.68. The Balaban J connectivity index is 1.64. The molecular weight excluding hydrogens is 328 g/mol. The zero-order valence-corrected chi connectivity index (χ0v) is 14.1. The molecule has 0 spiro atoms. The van der Waals surface area contributed by atoms with Crippen molar-refractivity contribution in [2.24, 2.45) is 0 Å². The van der Waals surface area contributed by atoms with Crippen LogP contribution in [0.15, 0.2) is 35.7 Å². The van der Waals surface area contributed by atoms with Crippen molar-refractivity contribution in [3.63, 3.8) is 0 Å². The number of amides is 2. The Kier molecular flexibility index (Phi) is 5.00. The van der Waals surface area contributed by atoms with Gasteiger partial charge in [-0.2, -0.15) is 0 Å². The van der Waals surface area contributed by atoms with Gasteiger partial charge >= 0.3 is 0 Å². The summed E-state index contributed by atoms with van der Waals surface area (Å²) in [6.45, 7) is 3.26. The molecule has 1 aliphatic heterocycles. The number of ether oxygens (including phenoxy) is 2. The Morgan fingerprint density at radius 1 is 1.21 bits per heavy atom. The second kappa shape index (κ2) is 7.35. The molecule has 0 aliphatic carbocycles. The van der Waals surface area contributed by atoms with Crippen molar-refractivity contribution in [2.75, 3.05) is 31.2 Å². The molecule has 0 fully saturated rings. The van der Waals surface area contributed by atoms with E-state index in [0.29, 0.717) is 42.7 Å². The molecule has 1 aromatic heterocycles. The fourth-order valence-corrected chi connectivity index (χ4v) is 3.08. The Morgan fingerprint density at radius 3 is 2.71 bits per heavy atom. The van der Waals surface area contributed by atoms with E-state index < -0.39 is 0 Å². The number of hydrogen-bond acceptors (Lipinski definition) is 5. The molecule has 7 heteroatoms. The van der Waals surface area contributed by atoms with E-state index in [1.165, 1.54) is 18.3 Å². The van der Waals surface area contributed by atoms with Crippen molar-refractivity contribution < 1.29 is 19.1 Å². The van der Waals surface area contributed by atoms with Crippen LogP contribution in [-0.2, 0) is 4.79 Å². The van der Waals surface area contributed by atoms with Gasteiger partial charge in [-0.05, 0) is 23.6 Å². The highest BCUT2D eigenvalue weighted by Gasteiger charge is 2.17. The van der Waals surface area contributed by atoms with Crippen molar-refractivity contribution in [3.05, 3.63) is 40.6 Å². The Labute approximate surface area is 144 Å². The highest BCUT2D eigenvalue weighted by Crippen LogP contribution is 2.33. The SMILES string of the molecule is CC(=O)N(CCNC(=O)c1cccs1)c1ccc2c(c1)OCCO2. The van der Waals surface area contributed by atoms with Gasteiger partial charge in [0.15, 0.2) is 11.5 Å². The van der Waals surface area contributed by atoms with Crippen molar-refractivity contribution >= 4 is 28.8 Å². The summed E-state index contributed by atoms with van der Waals surface area (Å²) in [7, 11) is 0. The van der Waals surface area contributed by atoms with Crippen molar-refractivity contribution in [1.82, 2.24) is 5.32 Å². The number of nitrogens with one attached hydrogen (secondary N) is 1. The van der Waals surface area contributed by atoms with Crippen LogP contribution in [0.4, 0.5) is 5.69 Å². The molecule has 1 aliphatic rings. The topological polar surface area (TPSA) is 67.9 Å². The molecule has 0 radical (unpaired) electrons. The first-order valence-corrected chi connectivity index (χ1v) is 8.52. The van der Waals surface area contributed by atoms with E-state index in [4.69, 9.17) is 9.47 Å². The van der Waals surface area contributed by atoms with Crippen LogP contribution in [-0.4, -0.2) is 38.1 Å². The first kappa shape index (κ1) is 16.3. The molecule has 2 heterocycles. The zero-order valence-electron chi connectivity index (χ0n) is 13.3. The average molecular weight is 346 g/mol. The predicted molar refractivity (Wildman–Crippen MR) is 92.1 cm³/mol. The standard InChI is InChI=1S/C17H18N2O4S/c1-12(20)19(7-6-18-17(21)16-3-2-10-24-16)13-4-5-14-15(11-13)23-9-8-22-14/h2-5,10-11H,6-9H2,1H3,(H,18,21). The summed E-state index contributed by atoms with van der Waals surface area (Å²) in [6, 6.07) is 9.00. The van der Waals surface area contributed by atoms with Gasteiger partial charge in [0, 0.05) is 31.8 Å². The minimum Gasteiger partial charge on any atom is -0.486 e. The predicted octanol–water partition coefficient (Wildman–Crippen LogP) is 2.30. The van der Waals surface area contributed by atoms with Crippen LogP contribution in [0.25, 0.3) is 0 Å². The van der Waals surface area contributed by atoms with Gasteiger partial charge in [0.05, 0.1) is 4.88 Å². The summed E-state index contributed by atoms with van der Waals surface area (Å²) in [5, 5.41) is 4.68. The van der Waals surface area contributed by atoms with E-state index >= 15 is 0 Å². The van der Waals surface area contributed by atoms with Crippen LogP contribution in [0, 0.1) is 0 Å². The summed E-state index contributed by atoms with van der Waals surface area (Å²) < 4.78 is 11.0. The number of fused-ring (bicyclic) bond motifs is 1. The summed E-state index contributed by atoms with van der Waals surface area (Å²) >= 11 is 1.38. The number of nitrogens with zero attached hydrogens (tertiary/aromatic N) is 1. The van der Waals surface area contributed by atoms with E-state index in [0.717, 1.165) is 5.69 Å². The monoisotopic (exact) mass is 346 g/mol. The highest BCUT2D eigenvalue weighted by atomic mass is 32.1. The third-order valence-corrected chi connectivity index (χ3v) is 4.45. The van der Waals surface area contributed by atoms with Crippen molar-refractivity contribution in [2.45, 2.75) is 6.92 Å². The molecule has 0 unspecified atom stereocenters. The quantitative estimate of drug-likeness (QED) is 0.902. The number of carbonyl (C=O) groups is 2. The molecule has 1 aromatic carbocycles. The molecule has 0 bridgehead atoms. The van der Waals surface area contributed by atoms with Crippen LogP contribution < -0.4 is 19.7 Å². The summed E-state index contributed by atoms with van der Waals surface area (Å²) in [5.74, 6) is 1.08. The van der Waals surface area contributed by atoms with E-state index in [-0.39, 0.29) is 11.8 Å². The van der Waals surface area contributed by atoms with Crippen LogP contribution in [0.5, 0.6) is 11.5 Å². The summed E-state index contributed by atoms with van der Waals surface area (Å²) in [6.07, 6.45) is 0. The average Bonchev–Trinajstić information content (AvgIpc) is 3.12. The highest BCUT2D eigenvalue weighted by molar-refractivity contribution is 7.12. The van der Waals surface area contributed by atoms with Crippen molar-refractivity contribution in [3.8, 4) is 11.5 Å². The van der Waals surface area contributed by atoms with Crippen LogP contribution in [0.1, 0.15) is 16.6 Å².